The van der Waals surface area contributed by atoms with Crippen LogP contribution in [-0.2, 0) is 20.7 Å². The first-order valence-corrected chi connectivity index (χ1v) is 7.10. The monoisotopic (exact) mass is 292 g/mol. The van der Waals surface area contributed by atoms with E-state index in [2.05, 4.69) is 15.9 Å². The lowest BCUT2D eigenvalue weighted by atomic mass is 10.1. The summed E-state index contributed by atoms with van der Waals surface area (Å²) in [6, 6.07) is 7.71. The van der Waals surface area contributed by atoms with E-state index >= 15 is 0 Å². The van der Waals surface area contributed by atoms with Gasteiger partial charge in [0.15, 0.2) is 0 Å². The van der Waals surface area contributed by atoms with Crippen LogP contribution < -0.4 is 0 Å². The maximum atomic E-state index is 10.9. The first-order valence-electron chi connectivity index (χ1n) is 4.49. The third-order valence-electron chi connectivity index (χ3n) is 1.78. The zero-order valence-electron chi connectivity index (χ0n) is 8.60. The van der Waals surface area contributed by atoms with E-state index < -0.39 is 10.1 Å². The summed E-state index contributed by atoms with van der Waals surface area (Å²) in [5.41, 5.74) is 1.05. The normalized spacial score (nSPS) is 13.8. The fraction of sp³-hybridized carbons (Fsp3) is 0.400. The minimum absolute atomic E-state index is 0.332. The number of benzene rings is 1. The first-order chi connectivity index (χ1) is 6.87. The molecule has 84 valence electrons. The van der Waals surface area contributed by atoms with Crippen LogP contribution in [0.1, 0.15) is 12.5 Å². The highest BCUT2D eigenvalue weighted by Gasteiger charge is 2.10. The Labute approximate surface area is 98.7 Å². The summed E-state index contributed by atoms with van der Waals surface area (Å²) in [6.07, 6.45) is 1.31. The number of rotatable bonds is 4. The highest BCUT2D eigenvalue weighted by atomic mass is 79.9. The summed E-state index contributed by atoms with van der Waals surface area (Å²) in [5, 5.41) is 0. The minimum atomic E-state index is -3.36. The van der Waals surface area contributed by atoms with E-state index in [0.29, 0.717) is 6.42 Å². The van der Waals surface area contributed by atoms with E-state index in [-0.39, 0.29) is 6.10 Å². The Morgan fingerprint density at radius 1 is 1.33 bits per heavy atom. The zero-order chi connectivity index (χ0) is 11.5. The molecule has 0 aromatic heterocycles. The minimum Gasteiger partial charge on any atom is -0.267 e. The Hall–Kier alpha value is -0.390. The predicted molar refractivity (Wildman–Crippen MR) is 63.2 cm³/mol. The van der Waals surface area contributed by atoms with Gasteiger partial charge in [0, 0.05) is 4.47 Å². The predicted octanol–water partition coefficient (Wildman–Crippen LogP) is 2.36. The molecule has 0 fully saturated rings. The van der Waals surface area contributed by atoms with Crippen molar-refractivity contribution in [3.05, 3.63) is 34.3 Å². The van der Waals surface area contributed by atoms with E-state index in [9.17, 15) is 8.42 Å². The molecule has 0 N–H and O–H groups in total. The van der Waals surface area contributed by atoms with Gasteiger partial charge in [-0.1, -0.05) is 28.1 Å². The zero-order valence-corrected chi connectivity index (χ0v) is 11.0. The molecule has 0 amide bonds. The molecule has 1 aromatic carbocycles. The maximum absolute atomic E-state index is 10.9. The van der Waals surface area contributed by atoms with E-state index in [1.165, 1.54) is 0 Å². The van der Waals surface area contributed by atoms with Crippen LogP contribution in [-0.4, -0.2) is 20.8 Å². The Kier molecular flexibility index (Phi) is 4.31. The molecular formula is C10H13BrO3S. The van der Waals surface area contributed by atoms with Gasteiger partial charge in [0.2, 0.25) is 0 Å². The lowest BCUT2D eigenvalue weighted by Gasteiger charge is -2.10. The van der Waals surface area contributed by atoms with Crippen molar-refractivity contribution in [2.45, 2.75) is 19.4 Å². The standard InChI is InChI=1S/C10H13BrO3S/c1-8(14-15(2,12)13)7-9-3-5-10(11)6-4-9/h3-6,8H,7H2,1-2H3. The smallest absolute Gasteiger partial charge is 0.264 e. The molecule has 0 aliphatic carbocycles. The van der Waals surface area contributed by atoms with Crippen LogP contribution in [0.2, 0.25) is 0 Å². The Morgan fingerprint density at radius 3 is 2.33 bits per heavy atom. The Bertz CT molecular complexity index is 411. The molecule has 0 saturated carbocycles. The van der Waals surface area contributed by atoms with Crippen molar-refractivity contribution in [1.29, 1.82) is 0 Å². The van der Waals surface area contributed by atoms with Crippen LogP contribution in [0.25, 0.3) is 0 Å². The summed E-state index contributed by atoms with van der Waals surface area (Å²) in [5.74, 6) is 0. The van der Waals surface area contributed by atoms with Crippen molar-refractivity contribution >= 4 is 26.0 Å². The topological polar surface area (TPSA) is 43.4 Å². The van der Waals surface area contributed by atoms with E-state index in [4.69, 9.17) is 4.18 Å². The van der Waals surface area contributed by atoms with E-state index in [0.717, 1.165) is 16.3 Å². The van der Waals surface area contributed by atoms with Crippen LogP contribution >= 0.6 is 15.9 Å². The molecule has 3 nitrogen and oxygen atoms in total. The van der Waals surface area contributed by atoms with E-state index in [1.54, 1.807) is 6.92 Å². The van der Waals surface area contributed by atoms with Gasteiger partial charge in [-0.3, -0.25) is 4.18 Å². The number of hydrogen-bond acceptors (Lipinski definition) is 3. The molecule has 0 aliphatic rings. The molecule has 5 heteroatoms. The lowest BCUT2D eigenvalue weighted by molar-refractivity contribution is 0.232. The van der Waals surface area contributed by atoms with Gasteiger partial charge in [0.05, 0.1) is 12.4 Å². The summed E-state index contributed by atoms with van der Waals surface area (Å²) < 4.78 is 27.5. The highest BCUT2D eigenvalue weighted by molar-refractivity contribution is 9.10. The van der Waals surface area contributed by atoms with Crippen LogP contribution in [0, 0.1) is 0 Å². The first kappa shape index (κ1) is 12.7. The van der Waals surface area contributed by atoms with Crippen molar-refractivity contribution in [2.75, 3.05) is 6.26 Å². The summed E-state index contributed by atoms with van der Waals surface area (Å²) in [6.45, 7) is 1.74. The highest BCUT2D eigenvalue weighted by Crippen LogP contribution is 2.13. The van der Waals surface area contributed by atoms with Crippen LogP contribution in [0.3, 0.4) is 0 Å². The van der Waals surface area contributed by atoms with Gasteiger partial charge in [-0.2, -0.15) is 8.42 Å². The molecule has 1 rings (SSSR count). The number of halogens is 1. The number of hydrogen-bond donors (Lipinski definition) is 0. The molecule has 0 bridgehead atoms. The average Bonchev–Trinajstić information content (AvgIpc) is 2.05. The molecule has 0 heterocycles. The molecular weight excluding hydrogens is 280 g/mol. The molecule has 0 aliphatic heterocycles. The van der Waals surface area contributed by atoms with Crippen molar-refractivity contribution in [3.8, 4) is 0 Å². The molecule has 1 aromatic rings. The third kappa shape index (κ3) is 5.30. The van der Waals surface area contributed by atoms with Gasteiger partial charge in [-0.05, 0) is 31.0 Å². The summed E-state index contributed by atoms with van der Waals surface area (Å²) in [7, 11) is -3.36. The quantitative estimate of drug-likeness (QED) is 0.800. The second-order valence-corrected chi connectivity index (χ2v) is 5.96. The summed E-state index contributed by atoms with van der Waals surface area (Å²) >= 11 is 3.33. The van der Waals surface area contributed by atoms with Crippen molar-refractivity contribution < 1.29 is 12.6 Å². The van der Waals surface area contributed by atoms with E-state index in [1.807, 2.05) is 24.3 Å². The van der Waals surface area contributed by atoms with Crippen LogP contribution in [0.15, 0.2) is 28.7 Å². The van der Waals surface area contributed by atoms with Crippen LogP contribution in [0.5, 0.6) is 0 Å². The Morgan fingerprint density at radius 2 is 1.87 bits per heavy atom. The molecule has 0 radical (unpaired) electrons. The fourth-order valence-electron chi connectivity index (χ4n) is 1.28. The molecule has 0 saturated heterocycles. The largest absolute Gasteiger partial charge is 0.267 e. The van der Waals surface area contributed by atoms with Crippen molar-refractivity contribution in [1.82, 2.24) is 0 Å². The average molecular weight is 293 g/mol. The maximum Gasteiger partial charge on any atom is 0.264 e. The molecule has 15 heavy (non-hydrogen) atoms. The van der Waals surface area contributed by atoms with Crippen LogP contribution in [0.4, 0.5) is 0 Å². The molecule has 1 unspecified atom stereocenters. The fourth-order valence-corrected chi connectivity index (χ4v) is 2.21. The third-order valence-corrected chi connectivity index (χ3v) is 2.98. The van der Waals surface area contributed by atoms with Gasteiger partial charge in [0.25, 0.3) is 10.1 Å². The Balaban J connectivity index is 2.59. The second-order valence-electron chi connectivity index (χ2n) is 3.44. The SMILES string of the molecule is CC(Cc1ccc(Br)cc1)OS(C)(=O)=O. The molecule has 1 atom stereocenters. The van der Waals surface area contributed by atoms with Crippen molar-refractivity contribution in [3.63, 3.8) is 0 Å². The van der Waals surface area contributed by atoms with Gasteiger partial charge in [-0.15, -0.1) is 0 Å². The van der Waals surface area contributed by atoms with Gasteiger partial charge >= 0.3 is 0 Å². The van der Waals surface area contributed by atoms with Gasteiger partial charge in [-0.25, -0.2) is 0 Å². The lowest BCUT2D eigenvalue weighted by Crippen LogP contribution is -2.16. The van der Waals surface area contributed by atoms with Crippen molar-refractivity contribution in [2.24, 2.45) is 0 Å². The summed E-state index contributed by atoms with van der Waals surface area (Å²) in [4.78, 5) is 0. The second kappa shape index (κ2) is 5.09. The van der Waals surface area contributed by atoms with Gasteiger partial charge < -0.3 is 0 Å². The van der Waals surface area contributed by atoms with Gasteiger partial charge in [0.1, 0.15) is 0 Å². The molecule has 0 spiro atoms.